The Morgan fingerprint density at radius 2 is 2.27 bits per heavy atom. The van der Waals surface area contributed by atoms with Crippen molar-refractivity contribution in [2.75, 3.05) is 45.2 Å². The second-order valence-corrected chi connectivity index (χ2v) is 6.03. The first kappa shape index (κ1) is 15.2. The lowest BCUT2D eigenvalue weighted by atomic mass is 10.2. The molecule has 1 atom stereocenters. The highest BCUT2D eigenvalue weighted by Crippen LogP contribution is 2.20. The van der Waals surface area contributed by atoms with Crippen LogP contribution in [0.3, 0.4) is 0 Å². The summed E-state index contributed by atoms with van der Waals surface area (Å²) < 4.78 is 7.70. The summed E-state index contributed by atoms with van der Waals surface area (Å²) in [6, 6.07) is 2.14. The molecule has 3 rings (SSSR count). The third-order valence-electron chi connectivity index (χ3n) is 3.82. The minimum atomic E-state index is 0.213. The summed E-state index contributed by atoms with van der Waals surface area (Å²) in [7, 11) is 4.15. The third-order valence-corrected chi connectivity index (χ3v) is 3.82. The van der Waals surface area contributed by atoms with Crippen LogP contribution in [0.25, 0.3) is 5.78 Å². The second-order valence-electron chi connectivity index (χ2n) is 6.03. The number of anilines is 1. The van der Waals surface area contributed by atoms with Crippen LogP contribution in [-0.4, -0.2) is 70.9 Å². The van der Waals surface area contributed by atoms with Crippen LogP contribution in [-0.2, 0) is 11.2 Å². The molecule has 0 amide bonds. The number of ether oxygens (including phenoxy) is 1. The van der Waals surface area contributed by atoms with Crippen molar-refractivity contribution in [2.24, 2.45) is 0 Å². The first-order valence-corrected chi connectivity index (χ1v) is 7.88. The van der Waals surface area contributed by atoms with Crippen molar-refractivity contribution in [1.29, 1.82) is 0 Å². The van der Waals surface area contributed by atoms with E-state index in [1.807, 2.05) is 4.52 Å². The lowest BCUT2D eigenvalue weighted by molar-refractivity contribution is 0.0244. The first-order valence-electron chi connectivity index (χ1n) is 7.88. The Hall–Kier alpha value is -1.73. The van der Waals surface area contributed by atoms with Crippen molar-refractivity contribution < 1.29 is 4.74 Å². The van der Waals surface area contributed by atoms with Crippen LogP contribution in [0.1, 0.15) is 19.0 Å². The van der Waals surface area contributed by atoms with Crippen molar-refractivity contribution in [3.05, 3.63) is 18.1 Å². The van der Waals surface area contributed by atoms with Gasteiger partial charge in [0.2, 0.25) is 0 Å². The van der Waals surface area contributed by atoms with Crippen LogP contribution >= 0.6 is 0 Å². The number of nitrogens with zero attached hydrogens (tertiary/aromatic N) is 6. The SMILES string of the molecule is CCCc1cc(N2CCOC(CN(C)C)C2)n2ncnc2n1. The molecule has 3 heterocycles. The quantitative estimate of drug-likeness (QED) is 0.816. The van der Waals surface area contributed by atoms with Gasteiger partial charge in [0.25, 0.3) is 5.78 Å². The molecule has 0 spiro atoms. The van der Waals surface area contributed by atoms with Crippen LogP contribution < -0.4 is 4.90 Å². The van der Waals surface area contributed by atoms with Crippen molar-refractivity contribution in [3.63, 3.8) is 0 Å². The average Bonchev–Trinajstić information content (AvgIpc) is 2.94. The summed E-state index contributed by atoms with van der Waals surface area (Å²) in [5.41, 5.74) is 1.08. The van der Waals surface area contributed by atoms with Gasteiger partial charge < -0.3 is 14.5 Å². The number of morpholine rings is 1. The molecule has 0 bridgehead atoms. The molecular formula is C15H24N6O. The monoisotopic (exact) mass is 304 g/mol. The number of hydrogen-bond donors (Lipinski definition) is 0. The van der Waals surface area contributed by atoms with E-state index in [4.69, 9.17) is 4.74 Å². The molecule has 120 valence electrons. The predicted molar refractivity (Wildman–Crippen MR) is 85.3 cm³/mol. The van der Waals surface area contributed by atoms with Crippen LogP contribution in [0.5, 0.6) is 0 Å². The standard InChI is InChI=1S/C15H24N6O/c1-4-5-12-8-14(21-15(18-12)16-11-17-21)20-6-7-22-13(10-20)9-19(2)3/h8,11,13H,4-7,9-10H2,1-3H3. The molecule has 1 fully saturated rings. The van der Waals surface area contributed by atoms with Crippen LogP contribution in [0.4, 0.5) is 5.82 Å². The molecule has 2 aromatic heterocycles. The van der Waals surface area contributed by atoms with E-state index in [-0.39, 0.29) is 6.10 Å². The Morgan fingerprint density at radius 1 is 1.41 bits per heavy atom. The second kappa shape index (κ2) is 6.58. The Morgan fingerprint density at radius 3 is 3.05 bits per heavy atom. The first-order chi connectivity index (χ1) is 10.7. The Balaban J connectivity index is 1.89. The fourth-order valence-electron chi connectivity index (χ4n) is 2.90. The number of likely N-dealkylation sites (N-methyl/N-ethyl adjacent to an activating group) is 1. The lowest BCUT2D eigenvalue weighted by Gasteiger charge is -2.35. The molecule has 1 saturated heterocycles. The van der Waals surface area contributed by atoms with Gasteiger partial charge in [0.1, 0.15) is 12.1 Å². The molecule has 0 aliphatic carbocycles. The van der Waals surface area contributed by atoms with E-state index < -0.39 is 0 Å². The summed E-state index contributed by atoms with van der Waals surface area (Å²) in [5, 5.41) is 4.33. The molecule has 1 aliphatic heterocycles. The number of hydrogen-bond acceptors (Lipinski definition) is 6. The molecule has 7 nitrogen and oxygen atoms in total. The van der Waals surface area contributed by atoms with Gasteiger partial charge in [-0.1, -0.05) is 13.3 Å². The molecule has 7 heteroatoms. The van der Waals surface area contributed by atoms with Gasteiger partial charge >= 0.3 is 0 Å². The molecule has 22 heavy (non-hydrogen) atoms. The van der Waals surface area contributed by atoms with Crippen LogP contribution in [0.2, 0.25) is 0 Å². The van der Waals surface area contributed by atoms with Gasteiger partial charge in [-0.2, -0.15) is 14.6 Å². The fourth-order valence-corrected chi connectivity index (χ4v) is 2.90. The van der Waals surface area contributed by atoms with Crippen molar-refractivity contribution in [2.45, 2.75) is 25.9 Å². The fraction of sp³-hybridized carbons (Fsp3) is 0.667. The minimum absolute atomic E-state index is 0.213. The van der Waals surface area contributed by atoms with Gasteiger partial charge in [-0.15, -0.1) is 0 Å². The average molecular weight is 304 g/mol. The highest BCUT2D eigenvalue weighted by Gasteiger charge is 2.23. The summed E-state index contributed by atoms with van der Waals surface area (Å²) in [4.78, 5) is 13.3. The van der Waals surface area contributed by atoms with Crippen LogP contribution in [0.15, 0.2) is 12.4 Å². The molecule has 1 aliphatic rings. The van der Waals surface area contributed by atoms with E-state index in [1.54, 1.807) is 6.33 Å². The van der Waals surface area contributed by atoms with E-state index in [9.17, 15) is 0 Å². The van der Waals surface area contributed by atoms with E-state index in [0.29, 0.717) is 5.78 Å². The normalized spacial score (nSPS) is 19.3. The van der Waals surface area contributed by atoms with E-state index in [1.165, 1.54) is 0 Å². The molecule has 2 aromatic rings. The summed E-state index contributed by atoms with van der Waals surface area (Å²) in [6.45, 7) is 5.55. The van der Waals surface area contributed by atoms with Crippen LogP contribution in [0, 0.1) is 0 Å². The molecule has 1 unspecified atom stereocenters. The van der Waals surface area contributed by atoms with Crippen molar-refractivity contribution in [1.82, 2.24) is 24.5 Å². The maximum atomic E-state index is 5.87. The maximum Gasteiger partial charge on any atom is 0.254 e. The lowest BCUT2D eigenvalue weighted by Crippen LogP contribution is -2.47. The zero-order valence-corrected chi connectivity index (χ0v) is 13.6. The predicted octanol–water partition coefficient (Wildman–Crippen LogP) is 0.844. The Kier molecular flexibility index (Phi) is 4.54. The smallest absolute Gasteiger partial charge is 0.254 e. The van der Waals surface area contributed by atoms with E-state index >= 15 is 0 Å². The number of fused-ring (bicyclic) bond motifs is 1. The molecule has 0 radical (unpaired) electrons. The van der Waals surface area contributed by atoms with Crippen molar-refractivity contribution in [3.8, 4) is 0 Å². The zero-order chi connectivity index (χ0) is 15.5. The highest BCUT2D eigenvalue weighted by atomic mass is 16.5. The van der Waals surface area contributed by atoms with Gasteiger partial charge in [0, 0.05) is 31.4 Å². The van der Waals surface area contributed by atoms with Gasteiger partial charge in [-0.05, 0) is 20.5 Å². The summed E-state index contributed by atoms with van der Waals surface area (Å²) in [5.74, 6) is 1.75. The van der Waals surface area contributed by atoms with Crippen molar-refractivity contribution >= 4 is 11.6 Å². The summed E-state index contributed by atoms with van der Waals surface area (Å²) >= 11 is 0. The maximum absolute atomic E-state index is 5.87. The third kappa shape index (κ3) is 3.20. The minimum Gasteiger partial charge on any atom is -0.373 e. The molecule has 0 saturated carbocycles. The molecule has 0 aromatic carbocycles. The topological polar surface area (TPSA) is 58.8 Å². The van der Waals surface area contributed by atoms with Gasteiger partial charge in [0.05, 0.1) is 12.7 Å². The Bertz CT molecular complexity index is 626. The number of aryl methyl sites for hydroxylation is 1. The summed E-state index contributed by atoms with van der Waals surface area (Å²) in [6.07, 6.45) is 3.81. The van der Waals surface area contributed by atoms with Gasteiger partial charge in [0.15, 0.2) is 0 Å². The zero-order valence-electron chi connectivity index (χ0n) is 13.6. The molecular weight excluding hydrogens is 280 g/mol. The number of rotatable bonds is 5. The molecule has 0 N–H and O–H groups in total. The van der Waals surface area contributed by atoms with Gasteiger partial charge in [-0.3, -0.25) is 0 Å². The van der Waals surface area contributed by atoms with E-state index in [2.05, 4.69) is 52.0 Å². The van der Waals surface area contributed by atoms with Gasteiger partial charge in [-0.25, -0.2) is 4.98 Å². The van der Waals surface area contributed by atoms with E-state index in [0.717, 1.165) is 50.6 Å². The Labute approximate surface area is 130 Å². The largest absolute Gasteiger partial charge is 0.373 e. The number of aromatic nitrogens is 4. The highest BCUT2D eigenvalue weighted by molar-refractivity contribution is 5.47.